The first-order chi connectivity index (χ1) is 9.86. The van der Waals surface area contributed by atoms with Crippen molar-refractivity contribution in [3.05, 3.63) is 42.5 Å². The Morgan fingerprint density at radius 3 is 2.38 bits per heavy atom. The number of aryl methyl sites for hydroxylation is 1. The average Bonchev–Trinajstić information content (AvgIpc) is 2.76. The number of imidazole rings is 1. The topological polar surface area (TPSA) is 72.2 Å². The molecule has 0 atom stereocenters. The number of hydrogen-bond donors (Lipinski definition) is 1. The van der Waals surface area contributed by atoms with E-state index in [2.05, 4.69) is 4.98 Å². The molecule has 0 saturated heterocycles. The van der Waals surface area contributed by atoms with Gasteiger partial charge in [0.15, 0.2) is 9.84 Å². The fourth-order valence-electron chi connectivity index (χ4n) is 2.28. The number of benzene rings is 2. The minimum absolute atomic E-state index is 0.192. The lowest BCUT2D eigenvalue weighted by atomic mass is 10.2. The first-order valence-electron chi connectivity index (χ1n) is 6.32. The molecule has 3 rings (SSSR count). The second-order valence-electron chi connectivity index (χ2n) is 4.96. The predicted molar refractivity (Wildman–Crippen MR) is 80.9 cm³/mol. The lowest BCUT2D eigenvalue weighted by Gasteiger charge is -2.02. The molecule has 0 radical (unpaired) electrons. The Morgan fingerprint density at radius 1 is 1.10 bits per heavy atom. The largest absolute Gasteiger partial charge is 0.508 e. The minimum Gasteiger partial charge on any atom is -0.508 e. The van der Waals surface area contributed by atoms with E-state index in [0.29, 0.717) is 5.52 Å². The van der Waals surface area contributed by atoms with Gasteiger partial charge in [-0.3, -0.25) is 0 Å². The van der Waals surface area contributed by atoms with E-state index in [9.17, 15) is 13.5 Å². The zero-order chi connectivity index (χ0) is 15.2. The van der Waals surface area contributed by atoms with Gasteiger partial charge in [0, 0.05) is 18.9 Å². The number of aromatic hydroxyl groups is 1. The van der Waals surface area contributed by atoms with Gasteiger partial charge in [0.2, 0.25) is 0 Å². The number of aromatic nitrogens is 2. The van der Waals surface area contributed by atoms with Crippen LogP contribution in [0.15, 0.2) is 47.4 Å². The zero-order valence-corrected chi connectivity index (χ0v) is 12.4. The summed E-state index contributed by atoms with van der Waals surface area (Å²) < 4.78 is 25.1. The molecule has 1 heterocycles. The van der Waals surface area contributed by atoms with Crippen molar-refractivity contribution in [3.8, 4) is 17.1 Å². The van der Waals surface area contributed by atoms with Crippen molar-refractivity contribution < 1.29 is 13.5 Å². The van der Waals surface area contributed by atoms with Crippen molar-refractivity contribution in [2.24, 2.45) is 7.05 Å². The van der Waals surface area contributed by atoms with E-state index in [1.165, 1.54) is 6.26 Å². The molecule has 0 unspecified atom stereocenters. The van der Waals surface area contributed by atoms with E-state index in [1.807, 2.05) is 11.6 Å². The molecule has 6 heteroatoms. The molecule has 0 fully saturated rings. The van der Waals surface area contributed by atoms with Gasteiger partial charge in [-0.2, -0.15) is 0 Å². The van der Waals surface area contributed by atoms with Crippen molar-refractivity contribution in [1.82, 2.24) is 9.55 Å². The van der Waals surface area contributed by atoms with Crippen LogP contribution < -0.4 is 0 Å². The van der Waals surface area contributed by atoms with Crippen LogP contribution in [0.4, 0.5) is 0 Å². The summed E-state index contributed by atoms with van der Waals surface area (Å²) in [7, 11) is -1.38. The molecule has 2 aromatic carbocycles. The number of rotatable bonds is 2. The van der Waals surface area contributed by atoms with Gasteiger partial charge in [0.05, 0.1) is 15.9 Å². The van der Waals surface area contributed by atoms with E-state index in [1.54, 1.807) is 42.5 Å². The highest BCUT2D eigenvalue weighted by Gasteiger charge is 2.13. The van der Waals surface area contributed by atoms with E-state index in [0.717, 1.165) is 16.9 Å². The highest BCUT2D eigenvalue weighted by molar-refractivity contribution is 7.90. The molecule has 108 valence electrons. The summed E-state index contributed by atoms with van der Waals surface area (Å²) in [5, 5.41) is 9.34. The summed E-state index contributed by atoms with van der Waals surface area (Å²) in [4.78, 5) is 4.76. The van der Waals surface area contributed by atoms with E-state index in [-0.39, 0.29) is 10.6 Å². The van der Waals surface area contributed by atoms with Crippen molar-refractivity contribution >= 4 is 20.9 Å². The molecule has 1 aromatic heterocycles. The monoisotopic (exact) mass is 302 g/mol. The summed E-state index contributed by atoms with van der Waals surface area (Å²) in [6.07, 6.45) is 1.18. The fraction of sp³-hybridized carbons (Fsp3) is 0.133. The molecule has 0 amide bonds. The number of nitrogens with zero attached hydrogens (tertiary/aromatic N) is 2. The maximum atomic E-state index is 11.6. The SMILES string of the molecule is Cn1c(-c2ccc(O)cc2)nc2cc(S(C)(=O)=O)ccc21. The summed E-state index contributed by atoms with van der Waals surface area (Å²) in [5.74, 6) is 0.910. The lowest BCUT2D eigenvalue weighted by Crippen LogP contribution is -1.96. The van der Waals surface area contributed by atoms with Crippen LogP contribution >= 0.6 is 0 Å². The lowest BCUT2D eigenvalue weighted by molar-refractivity contribution is 0.475. The van der Waals surface area contributed by atoms with Crippen LogP contribution in [0.25, 0.3) is 22.4 Å². The number of hydrogen-bond acceptors (Lipinski definition) is 4. The number of fused-ring (bicyclic) bond motifs is 1. The van der Waals surface area contributed by atoms with Crippen LogP contribution in [0.2, 0.25) is 0 Å². The van der Waals surface area contributed by atoms with Crippen molar-refractivity contribution in [2.75, 3.05) is 6.26 Å². The van der Waals surface area contributed by atoms with Crippen molar-refractivity contribution in [3.63, 3.8) is 0 Å². The number of sulfone groups is 1. The Hall–Kier alpha value is -2.34. The van der Waals surface area contributed by atoms with E-state index < -0.39 is 9.84 Å². The van der Waals surface area contributed by atoms with Crippen LogP contribution in [-0.4, -0.2) is 29.3 Å². The summed E-state index contributed by atoms with van der Waals surface area (Å²) >= 11 is 0. The Bertz CT molecular complexity index is 925. The van der Waals surface area contributed by atoms with Gasteiger partial charge in [0.25, 0.3) is 0 Å². The molecular weight excluding hydrogens is 288 g/mol. The van der Waals surface area contributed by atoms with Gasteiger partial charge in [0.1, 0.15) is 11.6 Å². The average molecular weight is 302 g/mol. The first kappa shape index (κ1) is 13.6. The highest BCUT2D eigenvalue weighted by atomic mass is 32.2. The molecule has 1 N–H and O–H groups in total. The van der Waals surface area contributed by atoms with Crippen LogP contribution in [0.1, 0.15) is 0 Å². The van der Waals surface area contributed by atoms with Crippen molar-refractivity contribution in [1.29, 1.82) is 0 Å². The standard InChI is InChI=1S/C15H14N2O3S/c1-17-14-8-7-12(21(2,19)20)9-13(14)16-15(17)10-3-5-11(18)6-4-10/h3-9,18H,1-2H3. The predicted octanol–water partition coefficient (Wildman–Crippen LogP) is 2.35. The molecule has 21 heavy (non-hydrogen) atoms. The fourth-order valence-corrected chi connectivity index (χ4v) is 2.92. The second kappa shape index (κ2) is 4.60. The molecule has 0 aliphatic rings. The third-order valence-electron chi connectivity index (χ3n) is 3.41. The Morgan fingerprint density at radius 2 is 1.76 bits per heavy atom. The molecule has 5 nitrogen and oxygen atoms in total. The van der Waals surface area contributed by atoms with Crippen LogP contribution in [0.3, 0.4) is 0 Å². The molecule has 0 bridgehead atoms. The second-order valence-corrected chi connectivity index (χ2v) is 6.98. The normalized spacial score (nSPS) is 11.9. The molecule has 0 aliphatic carbocycles. The quantitative estimate of drug-likeness (QED) is 0.788. The Labute approximate surface area is 122 Å². The molecular formula is C15H14N2O3S. The summed E-state index contributed by atoms with van der Waals surface area (Å²) in [6.45, 7) is 0. The van der Waals surface area contributed by atoms with Crippen LogP contribution in [0, 0.1) is 0 Å². The Balaban J connectivity index is 2.22. The van der Waals surface area contributed by atoms with E-state index >= 15 is 0 Å². The summed E-state index contributed by atoms with van der Waals surface area (Å²) in [6, 6.07) is 11.6. The van der Waals surface area contributed by atoms with Crippen LogP contribution in [-0.2, 0) is 16.9 Å². The van der Waals surface area contributed by atoms with Gasteiger partial charge >= 0.3 is 0 Å². The molecule has 0 aliphatic heterocycles. The zero-order valence-electron chi connectivity index (χ0n) is 11.6. The third kappa shape index (κ3) is 2.38. The molecule has 0 spiro atoms. The van der Waals surface area contributed by atoms with E-state index in [4.69, 9.17) is 0 Å². The number of phenols is 1. The van der Waals surface area contributed by atoms with Gasteiger partial charge in [-0.15, -0.1) is 0 Å². The van der Waals surface area contributed by atoms with Gasteiger partial charge in [-0.1, -0.05) is 0 Å². The summed E-state index contributed by atoms with van der Waals surface area (Å²) in [5.41, 5.74) is 2.33. The molecule has 3 aromatic rings. The molecule has 0 saturated carbocycles. The maximum absolute atomic E-state index is 11.6. The highest BCUT2D eigenvalue weighted by Crippen LogP contribution is 2.26. The third-order valence-corrected chi connectivity index (χ3v) is 4.52. The van der Waals surface area contributed by atoms with Crippen molar-refractivity contribution in [2.45, 2.75) is 4.90 Å². The first-order valence-corrected chi connectivity index (χ1v) is 8.21. The minimum atomic E-state index is -3.25. The smallest absolute Gasteiger partial charge is 0.175 e. The Kier molecular flexibility index (Phi) is 2.98. The van der Waals surface area contributed by atoms with Gasteiger partial charge in [-0.25, -0.2) is 13.4 Å². The maximum Gasteiger partial charge on any atom is 0.175 e. The number of phenolic OH excluding ortho intramolecular Hbond substituents is 1. The van der Waals surface area contributed by atoms with Gasteiger partial charge < -0.3 is 9.67 Å². The van der Waals surface area contributed by atoms with Gasteiger partial charge in [-0.05, 0) is 42.5 Å². The van der Waals surface area contributed by atoms with Crippen LogP contribution in [0.5, 0.6) is 5.75 Å².